The molecular formula is C12H10N4O4. The van der Waals surface area contributed by atoms with E-state index in [1.165, 1.54) is 24.3 Å². The van der Waals surface area contributed by atoms with E-state index in [9.17, 15) is 9.90 Å². The Morgan fingerprint density at radius 2 is 2.05 bits per heavy atom. The summed E-state index contributed by atoms with van der Waals surface area (Å²) in [6, 6.07) is 7.61. The smallest absolute Gasteiger partial charge is 0.420 e. The minimum Gasteiger partial charge on any atom is -0.464 e. The van der Waals surface area contributed by atoms with Crippen LogP contribution in [-0.4, -0.2) is 33.1 Å². The summed E-state index contributed by atoms with van der Waals surface area (Å²) in [6.07, 6.45) is -1.15. The average Bonchev–Trinajstić information content (AvgIpc) is 2.88. The van der Waals surface area contributed by atoms with E-state index in [4.69, 9.17) is 14.8 Å². The first-order chi connectivity index (χ1) is 9.65. The number of rotatable bonds is 4. The van der Waals surface area contributed by atoms with E-state index < -0.39 is 6.09 Å². The van der Waals surface area contributed by atoms with Crippen molar-refractivity contribution in [3.8, 4) is 6.07 Å². The van der Waals surface area contributed by atoms with Crippen molar-refractivity contribution in [1.82, 2.24) is 10.2 Å². The predicted molar refractivity (Wildman–Crippen MR) is 66.4 cm³/mol. The van der Waals surface area contributed by atoms with Crippen molar-refractivity contribution in [2.45, 2.75) is 6.42 Å². The number of aliphatic hydroxyl groups excluding tert-OH is 1. The average molecular weight is 274 g/mol. The normalized spacial score (nSPS) is 10.0. The van der Waals surface area contributed by atoms with Crippen molar-refractivity contribution < 1.29 is 19.4 Å². The van der Waals surface area contributed by atoms with Crippen LogP contribution in [0.25, 0.3) is 0 Å². The van der Waals surface area contributed by atoms with Crippen molar-refractivity contribution in [3.63, 3.8) is 0 Å². The van der Waals surface area contributed by atoms with Gasteiger partial charge in [0.05, 0.1) is 23.9 Å². The third-order valence-electron chi connectivity index (χ3n) is 2.42. The molecule has 0 fully saturated rings. The molecule has 102 valence electrons. The summed E-state index contributed by atoms with van der Waals surface area (Å²) in [7, 11) is 0. The van der Waals surface area contributed by atoms with Gasteiger partial charge in [0, 0.05) is 6.42 Å². The number of anilines is 2. The fourth-order valence-electron chi connectivity index (χ4n) is 1.52. The third kappa shape index (κ3) is 2.73. The van der Waals surface area contributed by atoms with Gasteiger partial charge in [0.15, 0.2) is 0 Å². The highest BCUT2D eigenvalue weighted by Gasteiger charge is 2.23. The molecule has 0 atom stereocenters. The lowest BCUT2D eigenvalue weighted by Gasteiger charge is -2.13. The van der Waals surface area contributed by atoms with Crippen LogP contribution in [0.4, 0.5) is 16.5 Å². The van der Waals surface area contributed by atoms with Gasteiger partial charge in [0.25, 0.3) is 0 Å². The summed E-state index contributed by atoms with van der Waals surface area (Å²) in [5, 5.41) is 34.0. The first-order valence-electron chi connectivity index (χ1n) is 5.62. The van der Waals surface area contributed by atoms with Crippen LogP contribution in [0.3, 0.4) is 0 Å². The van der Waals surface area contributed by atoms with Gasteiger partial charge in [-0.1, -0.05) is 5.10 Å². The minimum atomic E-state index is -1.30. The maximum Gasteiger partial charge on any atom is 0.420 e. The number of carboxylic acid groups (broad SMARTS) is 1. The summed E-state index contributed by atoms with van der Waals surface area (Å²) < 4.78 is 5.16. The Hall–Kier alpha value is -2.92. The van der Waals surface area contributed by atoms with Crippen LogP contribution in [0.1, 0.15) is 11.5 Å². The summed E-state index contributed by atoms with van der Waals surface area (Å²) in [6.45, 7) is -0.175. The van der Waals surface area contributed by atoms with Crippen LogP contribution in [0.5, 0.6) is 0 Å². The second kappa shape index (κ2) is 5.81. The first kappa shape index (κ1) is 13.5. The number of carbonyl (C=O) groups is 1. The number of nitrogens with zero attached hydrogens (tertiary/aromatic N) is 4. The quantitative estimate of drug-likeness (QED) is 0.860. The van der Waals surface area contributed by atoms with E-state index >= 15 is 0 Å². The molecule has 0 spiro atoms. The molecule has 0 aliphatic carbocycles. The van der Waals surface area contributed by atoms with Gasteiger partial charge in [0.1, 0.15) is 0 Å². The Balaban J connectivity index is 2.34. The lowest BCUT2D eigenvalue weighted by molar-refractivity contribution is 0.203. The minimum absolute atomic E-state index is 0.141. The van der Waals surface area contributed by atoms with Gasteiger partial charge in [-0.2, -0.15) is 10.2 Å². The molecule has 2 N–H and O–H groups in total. The van der Waals surface area contributed by atoms with Crippen LogP contribution in [0, 0.1) is 11.3 Å². The van der Waals surface area contributed by atoms with Crippen molar-refractivity contribution >= 4 is 17.8 Å². The molecule has 0 aliphatic heterocycles. The second-order valence-electron chi connectivity index (χ2n) is 3.73. The van der Waals surface area contributed by atoms with Gasteiger partial charge in [0.2, 0.25) is 5.89 Å². The Kier molecular flexibility index (Phi) is 3.93. The molecule has 1 aromatic carbocycles. The second-order valence-corrected chi connectivity index (χ2v) is 3.73. The molecule has 0 aliphatic rings. The van der Waals surface area contributed by atoms with Gasteiger partial charge in [-0.05, 0) is 24.3 Å². The zero-order chi connectivity index (χ0) is 14.5. The monoisotopic (exact) mass is 274 g/mol. The van der Waals surface area contributed by atoms with Crippen molar-refractivity contribution in [2.75, 3.05) is 11.5 Å². The number of nitriles is 1. The molecule has 2 rings (SSSR count). The van der Waals surface area contributed by atoms with E-state index in [2.05, 4.69) is 10.2 Å². The van der Waals surface area contributed by atoms with Gasteiger partial charge in [-0.15, -0.1) is 5.10 Å². The fraction of sp³-hybridized carbons (Fsp3) is 0.167. The van der Waals surface area contributed by atoms with E-state index in [1.54, 1.807) is 0 Å². The maximum atomic E-state index is 11.3. The Bertz CT molecular complexity index is 644. The number of amides is 1. The molecular weight excluding hydrogens is 264 g/mol. The summed E-state index contributed by atoms with van der Waals surface area (Å²) in [5.74, 6) is 0.141. The van der Waals surface area contributed by atoms with Crippen molar-refractivity contribution in [1.29, 1.82) is 5.26 Å². The summed E-state index contributed by atoms with van der Waals surface area (Å²) in [4.78, 5) is 12.1. The van der Waals surface area contributed by atoms with Crippen LogP contribution < -0.4 is 4.90 Å². The van der Waals surface area contributed by atoms with Gasteiger partial charge in [-0.25, -0.2) is 4.79 Å². The van der Waals surface area contributed by atoms with Crippen LogP contribution in [0.2, 0.25) is 0 Å². The third-order valence-corrected chi connectivity index (χ3v) is 2.42. The zero-order valence-corrected chi connectivity index (χ0v) is 10.2. The molecule has 0 radical (unpaired) electrons. The van der Waals surface area contributed by atoms with E-state index in [1.807, 2.05) is 6.07 Å². The molecule has 0 saturated carbocycles. The lowest BCUT2D eigenvalue weighted by Crippen LogP contribution is -2.23. The molecule has 1 heterocycles. The number of aromatic nitrogens is 2. The van der Waals surface area contributed by atoms with Crippen LogP contribution in [-0.2, 0) is 6.42 Å². The largest absolute Gasteiger partial charge is 0.464 e. The molecule has 2 aromatic rings. The lowest BCUT2D eigenvalue weighted by atomic mass is 10.2. The molecule has 0 unspecified atom stereocenters. The number of hydrogen-bond donors (Lipinski definition) is 2. The highest BCUT2D eigenvalue weighted by atomic mass is 16.4. The first-order valence-corrected chi connectivity index (χ1v) is 5.62. The number of benzene rings is 1. The summed E-state index contributed by atoms with van der Waals surface area (Å²) >= 11 is 0. The standard InChI is InChI=1S/C12H10N4O4/c13-7-8-1-3-9(4-2-8)16(12(18)19)11-15-14-10(20-11)5-6-17/h1-4,17H,5-6H2,(H,18,19). The van der Waals surface area contributed by atoms with Gasteiger partial charge < -0.3 is 14.6 Å². The van der Waals surface area contributed by atoms with Crippen LogP contribution in [0.15, 0.2) is 28.7 Å². The Morgan fingerprint density at radius 1 is 1.35 bits per heavy atom. The Morgan fingerprint density at radius 3 is 2.60 bits per heavy atom. The molecule has 8 nitrogen and oxygen atoms in total. The van der Waals surface area contributed by atoms with E-state index in [-0.39, 0.29) is 30.6 Å². The number of aliphatic hydroxyl groups is 1. The highest BCUT2D eigenvalue weighted by Crippen LogP contribution is 2.24. The molecule has 0 bridgehead atoms. The molecule has 0 saturated heterocycles. The van der Waals surface area contributed by atoms with Crippen molar-refractivity contribution in [2.24, 2.45) is 0 Å². The SMILES string of the molecule is N#Cc1ccc(N(C(=O)O)c2nnc(CCO)o2)cc1. The number of hydrogen-bond acceptors (Lipinski definition) is 6. The highest BCUT2D eigenvalue weighted by molar-refractivity contribution is 5.92. The van der Waals surface area contributed by atoms with E-state index in [0.29, 0.717) is 5.56 Å². The molecule has 8 heteroatoms. The topological polar surface area (TPSA) is 123 Å². The predicted octanol–water partition coefficient (Wildman–Crippen LogP) is 1.29. The maximum absolute atomic E-state index is 11.3. The summed E-state index contributed by atoms with van der Waals surface area (Å²) in [5.41, 5.74) is 0.682. The fourth-order valence-corrected chi connectivity index (χ4v) is 1.52. The zero-order valence-electron chi connectivity index (χ0n) is 10.2. The molecule has 20 heavy (non-hydrogen) atoms. The molecule has 1 amide bonds. The Labute approximate surface area is 113 Å². The van der Waals surface area contributed by atoms with Gasteiger partial charge in [-0.3, -0.25) is 0 Å². The van der Waals surface area contributed by atoms with Crippen LogP contribution >= 0.6 is 0 Å². The van der Waals surface area contributed by atoms with Gasteiger partial charge >= 0.3 is 12.1 Å². The van der Waals surface area contributed by atoms with E-state index in [0.717, 1.165) is 4.90 Å². The van der Waals surface area contributed by atoms with Crippen molar-refractivity contribution in [3.05, 3.63) is 35.7 Å². The molecule has 1 aromatic heterocycles.